The van der Waals surface area contributed by atoms with Crippen LogP contribution in [-0.2, 0) is 19.1 Å². The number of fused-ring (bicyclic) bond motifs is 1. The highest BCUT2D eigenvalue weighted by atomic mass is 79.9. The summed E-state index contributed by atoms with van der Waals surface area (Å²) in [5.41, 5.74) is -1.04. The first-order chi connectivity index (χ1) is 16.7. The molecule has 6 atom stereocenters. The quantitative estimate of drug-likeness (QED) is 0.215. The van der Waals surface area contributed by atoms with Gasteiger partial charge in [0, 0.05) is 44.2 Å². The van der Waals surface area contributed by atoms with Crippen molar-refractivity contribution in [2.75, 3.05) is 33.3 Å². The van der Waals surface area contributed by atoms with Crippen molar-refractivity contribution in [3.63, 3.8) is 0 Å². The number of likely N-dealkylation sites (N-methyl/N-ethyl adjacent to an activating group) is 1. The van der Waals surface area contributed by atoms with Crippen LogP contribution in [0.3, 0.4) is 0 Å². The van der Waals surface area contributed by atoms with Gasteiger partial charge in [0.25, 0.3) is 0 Å². The lowest BCUT2D eigenvalue weighted by Gasteiger charge is -2.38. The minimum atomic E-state index is -1.04. The summed E-state index contributed by atoms with van der Waals surface area (Å²) in [4.78, 5) is 46.4. The van der Waals surface area contributed by atoms with Crippen LogP contribution in [0.1, 0.15) is 46.0 Å². The van der Waals surface area contributed by atoms with Crippen LogP contribution in [0.5, 0.6) is 0 Å². The van der Waals surface area contributed by atoms with Gasteiger partial charge in [-0.15, -0.1) is 13.2 Å². The third kappa shape index (κ3) is 4.96. The summed E-state index contributed by atoms with van der Waals surface area (Å²) in [6, 6.07) is -0.861. The SMILES string of the molecule is C=CCN(C)C(=O)[C@H]1[C@@H]2OC3(CC2Br)C(C(=O)N(CC=C)C(C)C)N(CCCCCCO)C(=O)[C@H]13. The second-order valence-corrected chi connectivity index (χ2v) is 11.4. The summed E-state index contributed by atoms with van der Waals surface area (Å²) >= 11 is 3.71. The fourth-order valence-corrected chi connectivity index (χ4v) is 7.01. The van der Waals surface area contributed by atoms with Gasteiger partial charge in [-0.3, -0.25) is 14.4 Å². The summed E-state index contributed by atoms with van der Waals surface area (Å²) in [5, 5.41) is 9.08. The van der Waals surface area contributed by atoms with Crippen molar-refractivity contribution in [2.24, 2.45) is 11.8 Å². The number of alkyl halides is 1. The predicted octanol–water partition coefficient (Wildman–Crippen LogP) is 2.35. The molecular weight excluding hydrogens is 514 g/mol. The lowest BCUT2D eigenvalue weighted by atomic mass is 9.70. The van der Waals surface area contributed by atoms with E-state index in [2.05, 4.69) is 29.1 Å². The zero-order valence-electron chi connectivity index (χ0n) is 21.2. The van der Waals surface area contributed by atoms with Crippen molar-refractivity contribution in [1.82, 2.24) is 14.7 Å². The Morgan fingerprint density at radius 3 is 2.46 bits per heavy atom. The molecule has 3 saturated heterocycles. The minimum absolute atomic E-state index is 0.0769. The largest absolute Gasteiger partial charge is 0.396 e. The number of unbranched alkanes of at least 4 members (excludes halogenated alkanes) is 3. The fourth-order valence-electron chi connectivity index (χ4n) is 6.07. The van der Waals surface area contributed by atoms with Crippen LogP contribution >= 0.6 is 15.9 Å². The summed E-state index contributed by atoms with van der Waals surface area (Å²) in [5.74, 6) is -1.81. The smallest absolute Gasteiger partial charge is 0.248 e. The Morgan fingerprint density at radius 1 is 1.20 bits per heavy atom. The van der Waals surface area contributed by atoms with Crippen LogP contribution < -0.4 is 0 Å². The Bertz CT molecular complexity index is 836. The van der Waals surface area contributed by atoms with Crippen molar-refractivity contribution in [1.29, 1.82) is 0 Å². The van der Waals surface area contributed by atoms with E-state index in [1.165, 1.54) is 0 Å². The zero-order chi connectivity index (χ0) is 25.9. The van der Waals surface area contributed by atoms with E-state index in [1.807, 2.05) is 13.8 Å². The molecule has 0 radical (unpaired) electrons. The molecule has 3 aliphatic heterocycles. The normalized spacial score (nSPS) is 31.1. The highest BCUT2D eigenvalue weighted by Gasteiger charge is 2.76. The number of likely N-dealkylation sites (tertiary alicyclic amines) is 1. The maximum Gasteiger partial charge on any atom is 0.248 e. The van der Waals surface area contributed by atoms with E-state index >= 15 is 0 Å². The number of aliphatic hydroxyl groups excluding tert-OH is 1. The fraction of sp³-hybridized carbons (Fsp3) is 0.731. The van der Waals surface area contributed by atoms with Crippen molar-refractivity contribution in [3.05, 3.63) is 25.3 Å². The van der Waals surface area contributed by atoms with Gasteiger partial charge in [0.1, 0.15) is 11.6 Å². The molecule has 196 valence electrons. The van der Waals surface area contributed by atoms with Crippen LogP contribution in [0.25, 0.3) is 0 Å². The molecule has 1 spiro atoms. The summed E-state index contributed by atoms with van der Waals surface area (Å²) in [7, 11) is 1.71. The van der Waals surface area contributed by atoms with Gasteiger partial charge in [-0.1, -0.05) is 40.9 Å². The maximum absolute atomic E-state index is 14.1. The van der Waals surface area contributed by atoms with Crippen LogP contribution in [0.4, 0.5) is 0 Å². The van der Waals surface area contributed by atoms with E-state index in [0.29, 0.717) is 32.5 Å². The van der Waals surface area contributed by atoms with E-state index in [-0.39, 0.29) is 35.2 Å². The molecule has 3 amide bonds. The number of hydrogen-bond donors (Lipinski definition) is 1. The molecule has 0 aromatic rings. The van der Waals surface area contributed by atoms with E-state index < -0.39 is 29.6 Å². The molecule has 0 aliphatic carbocycles. The maximum atomic E-state index is 14.1. The number of ether oxygens (including phenoxy) is 1. The van der Waals surface area contributed by atoms with E-state index in [4.69, 9.17) is 9.84 Å². The molecular formula is C26H40BrN3O5. The van der Waals surface area contributed by atoms with Gasteiger partial charge >= 0.3 is 0 Å². The van der Waals surface area contributed by atoms with Gasteiger partial charge in [0.2, 0.25) is 17.7 Å². The van der Waals surface area contributed by atoms with Gasteiger partial charge in [0.05, 0.1) is 17.9 Å². The van der Waals surface area contributed by atoms with Crippen molar-refractivity contribution in [3.8, 4) is 0 Å². The van der Waals surface area contributed by atoms with E-state index in [1.54, 1.807) is 33.9 Å². The molecule has 3 aliphatic rings. The molecule has 1 N–H and O–H groups in total. The third-order valence-corrected chi connectivity index (χ3v) is 8.47. The molecule has 0 aromatic carbocycles. The number of rotatable bonds is 13. The Morgan fingerprint density at radius 2 is 1.86 bits per heavy atom. The first kappa shape index (κ1) is 27.9. The Kier molecular flexibility index (Phi) is 9.21. The Labute approximate surface area is 217 Å². The number of hydrogen-bond acceptors (Lipinski definition) is 5. The first-order valence-electron chi connectivity index (χ1n) is 12.7. The molecule has 3 rings (SSSR count). The average Bonchev–Trinajstić information content (AvgIpc) is 3.40. The van der Waals surface area contributed by atoms with Gasteiger partial charge in [-0.2, -0.15) is 0 Å². The number of halogens is 1. The summed E-state index contributed by atoms with van der Waals surface area (Å²) in [6.45, 7) is 12.7. The molecule has 3 fully saturated rings. The predicted molar refractivity (Wildman–Crippen MR) is 138 cm³/mol. The molecule has 2 bridgehead atoms. The van der Waals surface area contributed by atoms with Gasteiger partial charge in [-0.05, 0) is 33.1 Å². The zero-order valence-corrected chi connectivity index (χ0v) is 22.8. The summed E-state index contributed by atoms with van der Waals surface area (Å²) in [6.07, 6.45) is 6.53. The van der Waals surface area contributed by atoms with E-state index in [0.717, 1.165) is 19.3 Å². The lowest BCUT2D eigenvalue weighted by molar-refractivity contribution is -0.149. The number of carbonyl (C=O) groups excluding carboxylic acids is 3. The molecule has 3 unspecified atom stereocenters. The van der Waals surface area contributed by atoms with E-state index in [9.17, 15) is 14.4 Å². The highest BCUT2D eigenvalue weighted by molar-refractivity contribution is 9.09. The Hall–Kier alpha value is -1.71. The highest BCUT2D eigenvalue weighted by Crippen LogP contribution is 2.60. The summed E-state index contributed by atoms with van der Waals surface area (Å²) < 4.78 is 6.56. The Balaban J connectivity index is 1.99. The molecule has 9 heteroatoms. The monoisotopic (exact) mass is 553 g/mol. The molecule has 0 aromatic heterocycles. The standard InChI is InChI=1S/C26H40BrN3O5/c1-6-12-28(5)23(32)19-20-24(33)30(14-10-8-9-11-15-31)22(25(34)29(13-7-2)17(3)4)26(20)16-18(27)21(19)35-26/h6-7,17-22,31H,1-2,8-16H2,3-5H3/t18?,19-,20+,21-,22?,26?/m1/s1. The average molecular weight is 555 g/mol. The van der Waals surface area contributed by atoms with Crippen LogP contribution in [0.2, 0.25) is 0 Å². The third-order valence-electron chi connectivity index (χ3n) is 7.63. The second kappa shape index (κ2) is 11.6. The molecule has 3 heterocycles. The molecule has 35 heavy (non-hydrogen) atoms. The number of amides is 3. The number of carbonyl (C=O) groups is 3. The topological polar surface area (TPSA) is 90.4 Å². The second-order valence-electron chi connectivity index (χ2n) is 10.2. The van der Waals surface area contributed by atoms with Gasteiger partial charge < -0.3 is 24.5 Å². The van der Waals surface area contributed by atoms with Crippen molar-refractivity contribution >= 4 is 33.7 Å². The minimum Gasteiger partial charge on any atom is -0.396 e. The first-order valence-corrected chi connectivity index (χ1v) is 13.6. The number of aliphatic hydroxyl groups is 1. The van der Waals surface area contributed by atoms with Crippen LogP contribution in [0.15, 0.2) is 25.3 Å². The number of nitrogens with zero attached hydrogens (tertiary/aromatic N) is 3. The molecule has 0 saturated carbocycles. The van der Waals surface area contributed by atoms with Crippen molar-refractivity contribution in [2.45, 2.75) is 74.6 Å². The van der Waals surface area contributed by atoms with Crippen LogP contribution in [0, 0.1) is 11.8 Å². The lowest BCUT2D eigenvalue weighted by Crippen LogP contribution is -2.58. The van der Waals surface area contributed by atoms with Crippen LogP contribution in [-0.4, -0.2) is 99.4 Å². The van der Waals surface area contributed by atoms with Crippen molar-refractivity contribution < 1.29 is 24.2 Å². The molecule has 8 nitrogen and oxygen atoms in total. The van der Waals surface area contributed by atoms with Gasteiger partial charge in [0.15, 0.2) is 0 Å². The van der Waals surface area contributed by atoms with Gasteiger partial charge in [-0.25, -0.2) is 0 Å².